The van der Waals surface area contributed by atoms with Crippen LogP contribution in [0.1, 0.15) is 13.3 Å². The van der Waals surface area contributed by atoms with E-state index in [1.807, 2.05) is 18.2 Å². The molecule has 2 N–H and O–H groups in total. The molecule has 8 nitrogen and oxygen atoms in total. The van der Waals surface area contributed by atoms with Crippen molar-refractivity contribution in [2.75, 3.05) is 28.7 Å². The quantitative estimate of drug-likeness (QED) is 0.730. The Labute approximate surface area is 167 Å². The van der Waals surface area contributed by atoms with Gasteiger partial charge in [0.2, 0.25) is 11.8 Å². The number of anilines is 3. The van der Waals surface area contributed by atoms with Crippen LogP contribution >= 0.6 is 0 Å². The summed E-state index contributed by atoms with van der Waals surface area (Å²) in [5.41, 5.74) is 1.84. The van der Waals surface area contributed by atoms with Gasteiger partial charge in [0.1, 0.15) is 0 Å². The Bertz CT molecular complexity index is 912. The van der Waals surface area contributed by atoms with Crippen molar-refractivity contribution in [1.82, 2.24) is 0 Å². The molecular weight excluding hydrogens is 374 g/mol. The third kappa shape index (κ3) is 5.41. The molecule has 29 heavy (non-hydrogen) atoms. The number of amides is 3. The highest BCUT2D eigenvalue weighted by molar-refractivity contribution is 6.00. The van der Waals surface area contributed by atoms with Gasteiger partial charge >= 0.3 is 5.97 Å². The van der Waals surface area contributed by atoms with E-state index in [1.54, 1.807) is 41.3 Å². The van der Waals surface area contributed by atoms with Crippen molar-refractivity contribution < 1.29 is 23.9 Å². The van der Waals surface area contributed by atoms with Gasteiger partial charge in [-0.05, 0) is 36.4 Å². The Morgan fingerprint density at radius 1 is 1.00 bits per heavy atom. The summed E-state index contributed by atoms with van der Waals surface area (Å²) in [7, 11) is 0. The zero-order valence-corrected chi connectivity index (χ0v) is 15.9. The van der Waals surface area contributed by atoms with Gasteiger partial charge in [0.15, 0.2) is 6.61 Å². The fourth-order valence-corrected chi connectivity index (χ4v) is 3.01. The van der Waals surface area contributed by atoms with Gasteiger partial charge in [0, 0.05) is 37.0 Å². The molecule has 2 aromatic carbocycles. The van der Waals surface area contributed by atoms with Crippen molar-refractivity contribution in [1.29, 1.82) is 0 Å². The fraction of sp³-hybridized carbons (Fsp3) is 0.238. The highest BCUT2D eigenvalue weighted by atomic mass is 16.5. The average Bonchev–Trinajstić information content (AvgIpc) is 3.10. The lowest BCUT2D eigenvalue weighted by atomic mass is 10.1. The van der Waals surface area contributed by atoms with Gasteiger partial charge in [-0.25, -0.2) is 0 Å². The van der Waals surface area contributed by atoms with E-state index in [9.17, 15) is 19.2 Å². The normalized spacial score (nSPS) is 15.7. The van der Waals surface area contributed by atoms with Crippen LogP contribution in [0.5, 0.6) is 0 Å². The summed E-state index contributed by atoms with van der Waals surface area (Å²) < 4.78 is 5.08. The molecule has 3 amide bonds. The van der Waals surface area contributed by atoms with Crippen molar-refractivity contribution in [3.8, 4) is 0 Å². The maximum Gasteiger partial charge on any atom is 0.311 e. The summed E-state index contributed by atoms with van der Waals surface area (Å²) in [6.45, 7) is 1.19. The molecule has 0 spiro atoms. The summed E-state index contributed by atoms with van der Waals surface area (Å²) in [4.78, 5) is 49.0. The predicted molar refractivity (Wildman–Crippen MR) is 107 cm³/mol. The van der Waals surface area contributed by atoms with Crippen LogP contribution in [0.2, 0.25) is 0 Å². The van der Waals surface area contributed by atoms with Gasteiger partial charge in [-0.1, -0.05) is 18.2 Å². The number of hydrogen-bond acceptors (Lipinski definition) is 5. The standard InChI is InChI=1S/C21H21N3O5/c1-14(25)22-16-7-9-17(10-8-16)23-19(26)13-29-21(28)15-11-20(27)24(12-15)18-5-3-2-4-6-18/h2-10,15H,11-13H2,1H3,(H,22,25)(H,23,26)/t15-/m0/s1. The number of para-hydroxylation sites is 1. The van der Waals surface area contributed by atoms with Crippen LogP contribution in [0.25, 0.3) is 0 Å². The van der Waals surface area contributed by atoms with Gasteiger partial charge in [0.25, 0.3) is 5.91 Å². The number of nitrogens with zero attached hydrogens (tertiary/aromatic N) is 1. The van der Waals surface area contributed by atoms with Crippen molar-refractivity contribution >= 4 is 40.8 Å². The average molecular weight is 395 g/mol. The van der Waals surface area contributed by atoms with Gasteiger partial charge in [-0.15, -0.1) is 0 Å². The summed E-state index contributed by atoms with van der Waals surface area (Å²) in [6.07, 6.45) is 0.0555. The minimum Gasteiger partial charge on any atom is -0.455 e. The molecule has 1 heterocycles. The zero-order chi connectivity index (χ0) is 20.8. The lowest BCUT2D eigenvalue weighted by Crippen LogP contribution is -2.28. The Hall–Kier alpha value is -3.68. The molecule has 0 radical (unpaired) electrons. The molecular formula is C21H21N3O5. The van der Waals surface area contributed by atoms with E-state index in [4.69, 9.17) is 4.74 Å². The lowest BCUT2D eigenvalue weighted by Gasteiger charge is -2.16. The number of carbonyl (C=O) groups is 4. The number of benzene rings is 2. The second-order valence-electron chi connectivity index (χ2n) is 6.66. The van der Waals surface area contributed by atoms with E-state index in [2.05, 4.69) is 10.6 Å². The van der Waals surface area contributed by atoms with Crippen molar-refractivity contribution in [3.63, 3.8) is 0 Å². The summed E-state index contributed by atoms with van der Waals surface area (Å²) >= 11 is 0. The first-order chi connectivity index (χ1) is 13.9. The second kappa shape index (κ2) is 9.01. The summed E-state index contributed by atoms with van der Waals surface area (Å²) in [5.74, 6) is -2.01. The molecule has 2 aromatic rings. The smallest absolute Gasteiger partial charge is 0.311 e. The molecule has 1 aliphatic heterocycles. The zero-order valence-electron chi connectivity index (χ0n) is 15.9. The van der Waals surface area contributed by atoms with Crippen LogP contribution < -0.4 is 15.5 Å². The van der Waals surface area contributed by atoms with E-state index in [0.717, 1.165) is 5.69 Å². The second-order valence-corrected chi connectivity index (χ2v) is 6.66. The molecule has 3 rings (SSSR count). The van der Waals surface area contributed by atoms with Crippen LogP contribution in [0, 0.1) is 5.92 Å². The lowest BCUT2D eigenvalue weighted by molar-refractivity contribution is -0.151. The van der Waals surface area contributed by atoms with Gasteiger partial charge in [-0.2, -0.15) is 0 Å². The van der Waals surface area contributed by atoms with E-state index < -0.39 is 24.4 Å². The largest absolute Gasteiger partial charge is 0.455 e. The SMILES string of the molecule is CC(=O)Nc1ccc(NC(=O)COC(=O)[C@H]2CC(=O)N(c3ccccc3)C2)cc1. The number of hydrogen-bond donors (Lipinski definition) is 2. The first-order valence-corrected chi connectivity index (χ1v) is 9.12. The molecule has 0 aliphatic carbocycles. The molecule has 150 valence electrons. The molecule has 0 unspecified atom stereocenters. The monoisotopic (exact) mass is 395 g/mol. The molecule has 1 saturated heterocycles. The molecule has 8 heteroatoms. The van der Waals surface area contributed by atoms with E-state index in [0.29, 0.717) is 11.4 Å². The minimum atomic E-state index is -0.604. The number of rotatable bonds is 6. The van der Waals surface area contributed by atoms with Crippen molar-refractivity contribution in [3.05, 3.63) is 54.6 Å². The van der Waals surface area contributed by atoms with E-state index in [-0.39, 0.29) is 24.8 Å². The molecule has 1 aliphatic rings. The number of nitrogens with one attached hydrogen (secondary N) is 2. The Kier molecular flexibility index (Phi) is 6.23. The van der Waals surface area contributed by atoms with E-state index in [1.165, 1.54) is 6.92 Å². The maximum atomic E-state index is 12.3. The van der Waals surface area contributed by atoms with Crippen LogP contribution in [0.15, 0.2) is 54.6 Å². The molecule has 0 aromatic heterocycles. The number of ether oxygens (including phenoxy) is 1. The first kappa shape index (κ1) is 20.1. The number of carbonyl (C=O) groups excluding carboxylic acids is 4. The van der Waals surface area contributed by atoms with Gasteiger partial charge in [0.05, 0.1) is 5.92 Å². The van der Waals surface area contributed by atoms with E-state index >= 15 is 0 Å². The summed E-state index contributed by atoms with van der Waals surface area (Å²) in [5, 5.41) is 5.23. The highest BCUT2D eigenvalue weighted by Crippen LogP contribution is 2.25. The minimum absolute atomic E-state index is 0.0555. The van der Waals surface area contributed by atoms with Gasteiger partial charge in [-0.3, -0.25) is 19.2 Å². The fourth-order valence-electron chi connectivity index (χ4n) is 3.01. The van der Waals surface area contributed by atoms with Crippen molar-refractivity contribution in [2.45, 2.75) is 13.3 Å². The van der Waals surface area contributed by atoms with Crippen LogP contribution in [0.3, 0.4) is 0 Å². The maximum absolute atomic E-state index is 12.3. The molecule has 1 fully saturated rings. The van der Waals surface area contributed by atoms with Crippen LogP contribution in [-0.4, -0.2) is 36.8 Å². The first-order valence-electron chi connectivity index (χ1n) is 9.12. The third-order valence-corrected chi connectivity index (χ3v) is 4.36. The van der Waals surface area contributed by atoms with Crippen LogP contribution in [-0.2, 0) is 23.9 Å². The molecule has 1 atom stereocenters. The molecule has 0 saturated carbocycles. The Morgan fingerprint density at radius 2 is 1.62 bits per heavy atom. The molecule has 0 bridgehead atoms. The Balaban J connectivity index is 1.47. The number of esters is 1. The van der Waals surface area contributed by atoms with Crippen molar-refractivity contribution in [2.24, 2.45) is 5.92 Å². The van der Waals surface area contributed by atoms with Gasteiger partial charge < -0.3 is 20.3 Å². The topological polar surface area (TPSA) is 105 Å². The van der Waals surface area contributed by atoms with Crippen LogP contribution in [0.4, 0.5) is 17.1 Å². The predicted octanol–water partition coefficient (Wildman–Crippen LogP) is 2.18. The Morgan fingerprint density at radius 3 is 2.24 bits per heavy atom. The summed E-state index contributed by atoms with van der Waals surface area (Å²) in [6, 6.07) is 15.6. The third-order valence-electron chi connectivity index (χ3n) is 4.36. The highest BCUT2D eigenvalue weighted by Gasteiger charge is 2.36.